The molecule has 0 atom stereocenters. The second kappa shape index (κ2) is 10.4. The van der Waals surface area contributed by atoms with Crippen molar-refractivity contribution in [3.05, 3.63) is 91.8 Å². The highest BCUT2D eigenvalue weighted by Gasteiger charge is 2.33. The number of thioether (sulfide) groups is 1. The van der Waals surface area contributed by atoms with Gasteiger partial charge in [-0.3, -0.25) is 9.69 Å². The molecule has 0 saturated carbocycles. The minimum atomic E-state index is -0.191. The molecule has 0 aromatic heterocycles. The van der Waals surface area contributed by atoms with Crippen molar-refractivity contribution >= 4 is 80.8 Å². The fraction of sp³-hybridized carbons (Fsp3) is 0.0833. The number of benzene rings is 3. The molecule has 1 amide bonds. The first-order valence-electron chi connectivity index (χ1n) is 9.64. The molecule has 1 saturated heterocycles. The highest BCUT2D eigenvalue weighted by atomic mass is 35.5. The summed E-state index contributed by atoms with van der Waals surface area (Å²) in [6.45, 7) is 0.182. The van der Waals surface area contributed by atoms with Crippen molar-refractivity contribution in [2.45, 2.75) is 6.61 Å². The quantitative estimate of drug-likeness (QED) is 0.239. The van der Waals surface area contributed by atoms with Crippen LogP contribution in [0.2, 0.25) is 15.1 Å². The van der Waals surface area contributed by atoms with Gasteiger partial charge < -0.3 is 9.47 Å². The zero-order valence-electron chi connectivity index (χ0n) is 17.2. The smallest absolute Gasteiger partial charge is 0.270 e. The number of carbonyl (C=O) groups excluding carboxylic acids is 1. The van der Waals surface area contributed by atoms with Crippen molar-refractivity contribution in [1.29, 1.82) is 0 Å². The van der Waals surface area contributed by atoms with Gasteiger partial charge in [0.15, 0.2) is 15.8 Å². The van der Waals surface area contributed by atoms with Crippen LogP contribution in [-0.2, 0) is 11.4 Å². The van der Waals surface area contributed by atoms with Crippen LogP contribution < -0.4 is 14.4 Å². The molecule has 33 heavy (non-hydrogen) atoms. The number of anilines is 1. The summed E-state index contributed by atoms with van der Waals surface area (Å²) in [5.41, 5.74) is 2.17. The lowest BCUT2D eigenvalue weighted by Gasteiger charge is -2.14. The highest BCUT2D eigenvalue weighted by Crippen LogP contribution is 2.40. The van der Waals surface area contributed by atoms with Gasteiger partial charge in [-0.15, -0.1) is 0 Å². The second-order valence-electron chi connectivity index (χ2n) is 6.91. The maximum atomic E-state index is 13.0. The lowest BCUT2D eigenvalue weighted by Crippen LogP contribution is -2.27. The fourth-order valence-electron chi connectivity index (χ4n) is 3.17. The molecule has 0 bridgehead atoms. The molecule has 1 fully saturated rings. The van der Waals surface area contributed by atoms with Crippen LogP contribution in [-0.4, -0.2) is 17.3 Å². The molecule has 3 aromatic rings. The largest absolute Gasteiger partial charge is 0.493 e. The van der Waals surface area contributed by atoms with Gasteiger partial charge in [-0.25, -0.2) is 0 Å². The Morgan fingerprint density at radius 2 is 1.79 bits per heavy atom. The summed E-state index contributed by atoms with van der Waals surface area (Å²) in [6, 6.07) is 17.9. The zero-order chi connectivity index (χ0) is 23.5. The Morgan fingerprint density at radius 1 is 1.03 bits per heavy atom. The number of carbonyl (C=O) groups is 1. The van der Waals surface area contributed by atoms with Crippen LogP contribution >= 0.6 is 58.8 Å². The third-order valence-corrected chi connectivity index (χ3v) is 6.91. The third-order valence-electron chi connectivity index (χ3n) is 4.74. The monoisotopic (exact) mass is 535 g/mol. The third kappa shape index (κ3) is 5.31. The van der Waals surface area contributed by atoms with Gasteiger partial charge in [-0.1, -0.05) is 83.0 Å². The summed E-state index contributed by atoms with van der Waals surface area (Å²) in [6.07, 6.45) is 1.73. The molecule has 1 aliphatic heterocycles. The number of methoxy groups -OCH3 is 1. The first kappa shape index (κ1) is 23.9. The molecular formula is C24H16Cl3NO3S2. The van der Waals surface area contributed by atoms with Crippen molar-refractivity contribution < 1.29 is 14.3 Å². The van der Waals surface area contributed by atoms with E-state index in [0.29, 0.717) is 41.4 Å². The molecule has 4 nitrogen and oxygen atoms in total. The van der Waals surface area contributed by atoms with E-state index < -0.39 is 0 Å². The number of hydrogen-bond donors (Lipinski definition) is 0. The molecule has 3 aromatic carbocycles. The van der Waals surface area contributed by atoms with Gasteiger partial charge in [-0.2, -0.15) is 0 Å². The van der Waals surface area contributed by atoms with Crippen LogP contribution in [0.15, 0.2) is 65.6 Å². The Labute approximate surface area is 216 Å². The fourth-order valence-corrected chi connectivity index (χ4v) is 5.21. The van der Waals surface area contributed by atoms with Crippen molar-refractivity contribution in [1.82, 2.24) is 0 Å². The van der Waals surface area contributed by atoms with Gasteiger partial charge in [0.05, 0.1) is 22.7 Å². The lowest BCUT2D eigenvalue weighted by atomic mass is 10.1. The summed E-state index contributed by atoms with van der Waals surface area (Å²) < 4.78 is 11.9. The van der Waals surface area contributed by atoms with Crippen molar-refractivity contribution in [3.63, 3.8) is 0 Å². The Morgan fingerprint density at radius 3 is 2.48 bits per heavy atom. The predicted molar refractivity (Wildman–Crippen MR) is 141 cm³/mol. The molecule has 0 radical (unpaired) electrons. The van der Waals surface area contributed by atoms with E-state index in [-0.39, 0.29) is 12.5 Å². The normalized spacial score (nSPS) is 14.8. The average molecular weight is 537 g/mol. The van der Waals surface area contributed by atoms with E-state index in [1.54, 1.807) is 36.4 Å². The van der Waals surface area contributed by atoms with E-state index >= 15 is 0 Å². The van der Waals surface area contributed by atoms with Crippen LogP contribution in [0.3, 0.4) is 0 Å². The summed E-state index contributed by atoms with van der Waals surface area (Å²) in [5, 5.41) is 1.38. The number of ether oxygens (including phenoxy) is 2. The summed E-state index contributed by atoms with van der Waals surface area (Å²) >= 11 is 25.3. The van der Waals surface area contributed by atoms with Crippen molar-refractivity contribution in [2.24, 2.45) is 0 Å². The Balaban J connectivity index is 1.58. The van der Waals surface area contributed by atoms with E-state index in [1.165, 1.54) is 23.8 Å². The standard InChI is InChI=1S/C24H16Cl3NO3S2/c1-30-20-10-14(9-19(27)22(20)31-13-15-7-8-16(25)12-18(15)26)11-21-23(29)28(24(32)33-21)17-5-3-2-4-6-17/h2-12H,13H2,1H3/b21-11+. The Hall–Kier alpha value is -2.22. The molecule has 9 heteroatoms. The average Bonchev–Trinajstić information content (AvgIpc) is 3.07. The highest BCUT2D eigenvalue weighted by molar-refractivity contribution is 8.27. The first-order valence-corrected chi connectivity index (χ1v) is 12.0. The molecule has 0 spiro atoms. The van der Waals surface area contributed by atoms with Gasteiger partial charge in [0.1, 0.15) is 6.61 Å². The maximum absolute atomic E-state index is 13.0. The van der Waals surface area contributed by atoms with Crippen molar-refractivity contribution in [3.8, 4) is 11.5 Å². The molecule has 0 N–H and O–H groups in total. The summed E-state index contributed by atoms with van der Waals surface area (Å²) in [4.78, 5) is 15.0. The topological polar surface area (TPSA) is 38.8 Å². The van der Waals surface area contributed by atoms with E-state index in [9.17, 15) is 4.79 Å². The summed E-state index contributed by atoms with van der Waals surface area (Å²) in [5.74, 6) is 0.612. The number of thiocarbonyl (C=S) groups is 1. The zero-order valence-corrected chi connectivity index (χ0v) is 21.1. The number of para-hydroxylation sites is 1. The van der Waals surface area contributed by atoms with E-state index in [2.05, 4.69) is 0 Å². The van der Waals surface area contributed by atoms with Crippen molar-refractivity contribution in [2.75, 3.05) is 12.0 Å². The first-order chi connectivity index (χ1) is 15.9. The van der Waals surface area contributed by atoms with Crippen LogP contribution in [0.4, 0.5) is 5.69 Å². The van der Waals surface area contributed by atoms with Gasteiger partial charge in [0.2, 0.25) is 0 Å². The molecule has 1 heterocycles. The van der Waals surface area contributed by atoms with Gasteiger partial charge >= 0.3 is 0 Å². The molecule has 4 rings (SSSR count). The van der Waals surface area contributed by atoms with Crippen LogP contribution in [0, 0.1) is 0 Å². The Kier molecular flexibility index (Phi) is 7.51. The van der Waals surface area contributed by atoms with E-state index in [0.717, 1.165) is 11.3 Å². The van der Waals surface area contributed by atoms with Crippen LogP contribution in [0.1, 0.15) is 11.1 Å². The molecule has 1 aliphatic rings. The predicted octanol–water partition coefficient (Wildman–Crippen LogP) is 7.64. The molecule has 0 unspecified atom stereocenters. The van der Waals surface area contributed by atoms with E-state index in [1.807, 2.05) is 30.3 Å². The summed E-state index contributed by atoms with van der Waals surface area (Å²) in [7, 11) is 1.52. The van der Waals surface area contributed by atoms with Gasteiger partial charge in [0.25, 0.3) is 5.91 Å². The number of hydrogen-bond acceptors (Lipinski definition) is 5. The molecule has 0 aliphatic carbocycles. The number of nitrogens with zero attached hydrogens (tertiary/aromatic N) is 1. The molecule has 168 valence electrons. The van der Waals surface area contributed by atoms with E-state index in [4.69, 9.17) is 56.5 Å². The molecular weight excluding hydrogens is 521 g/mol. The lowest BCUT2D eigenvalue weighted by molar-refractivity contribution is -0.113. The Bertz CT molecular complexity index is 1270. The van der Waals surface area contributed by atoms with Crippen LogP contribution in [0.5, 0.6) is 11.5 Å². The number of amides is 1. The SMILES string of the molecule is COc1cc(/C=C2/SC(=S)N(c3ccccc3)C2=O)cc(Cl)c1OCc1ccc(Cl)cc1Cl. The number of halogens is 3. The second-order valence-corrected chi connectivity index (χ2v) is 9.84. The van der Waals surface area contributed by atoms with Gasteiger partial charge in [-0.05, 0) is 48.0 Å². The minimum Gasteiger partial charge on any atom is -0.493 e. The van der Waals surface area contributed by atoms with Gasteiger partial charge in [0, 0.05) is 15.6 Å². The number of rotatable bonds is 6. The van der Waals surface area contributed by atoms with Crippen LogP contribution in [0.25, 0.3) is 6.08 Å². The maximum Gasteiger partial charge on any atom is 0.270 e. The minimum absolute atomic E-state index is 0.182.